The summed E-state index contributed by atoms with van der Waals surface area (Å²) >= 11 is 0. The number of rotatable bonds is 10. The van der Waals surface area contributed by atoms with Crippen molar-refractivity contribution in [2.75, 3.05) is 0 Å². The monoisotopic (exact) mass is 932 g/mol. The fraction of sp³-hybridized carbons (Fsp3) is 0.0149. The minimum Gasteiger partial charge on any atom is -0.208 e. The molecule has 0 fully saturated rings. The summed E-state index contributed by atoms with van der Waals surface area (Å²) in [4.78, 5) is 30.9. The molecule has 342 valence electrons. The van der Waals surface area contributed by atoms with Crippen LogP contribution in [0, 0.1) is 0 Å². The first-order valence-electron chi connectivity index (χ1n) is 24.5. The van der Waals surface area contributed by atoms with E-state index in [4.69, 9.17) is 29.9 Å². The molecule has 73 heavy (non-hydrogen) atoms. The van der Waals surface area contributed by atoms with Crippen LogP contribution in [0.4, 0.5) is 0 Å². The van der Waals surface area contributed by atoms with Gasteiger partial charge < -0.3 is 0 Å². The molecule has 1 aliphatic carbocycles. The van der Waals surface area contributed by atoms with Crippen LogP contribution in [0.2, 0.25) is 0 Å². The Kier molecular flexibility index (Phi) is 11.0. The van der Waals surface area contributed by atoms with Crippen LogP contribution in [0.5, 0.6) is 0 Å². The lowest BCUT2D eigenvalue weighted by atomic mass is 9.67. The largest absolute Gasteiger partial charge is 0.208 e. The van der Waals surface area contributed by atoms with Crippen LogP contribution in [0.3, 0.4) is 0 Å². The molecular formula is C67H44N6. The maximum atomic E-state index is 5.31. The third kappa shape index (κ3) is 7.79. The minimum absolute atomic E-state index is 0.609. The summed E-state index contributed by atoms with van der Waals surface area (Å²) in [5.74, 6) is 3.70. The van der Waals surface area contributed by atoms with Gasteiger partial charge in [0.25, 0.3) is 0 Å². The highest BCUT2D eigenvalue weighted by Crippen LogP contribution is 2.59. The second-order valence-electron chi connectivity index (χ2n) is 18.2. The van der Waals surface area contributed by atoms with Gasteiger partial charge in [-0.3, -0.25) is 0 Å². The molecule has 2 aromatic heterocycles. The van der Waals surface area contributed by atoms with E-state index in [2.05, 4.69) is 170 Å². The van der Waals surface area contributed by atoms with E-state index in [-0.39, 0.29) is 0 Å². The molecule has 12 aromatic rings. The maximum absolute atomic E-state index is 5.31. The Hall–Kier alpha value is -9.78. The van der Waals surface area contributed by atoms with Gasteiger partial charge in [-0.25, -0.2) is 29.9 Å². The lowest BCUT2D eigenvalue weighted by Crippen LogP contribution is -2.28. The molecule has 6 nitrogen and oxygen atoms in total. The zero-order chi connectivity index (χ0) is 48.6. The van der Waals surface area contributed by atoms with Crippen LogP contribution < -0.4 is 0 Å². The van der Waals surface area contributed by atoms with Crippen molar-refractivity contribution >= 4 is 0 Å². The van der Waals surface area contributed by atoms with E-state index in [1.165, 1.54) is 22.3 Å². The normalized spacial score (nSPS) is 12.2. The third-order valence-electron chi connectivity index (χ3n) is 13.9. The summed E-state index contributed by atoms with van der Waals surface area (Å²) in [6.45, 7) is 0. The Balaban J connectivity index is 1.00. The first kappa shape index (κ1) is 43.3. The SMILES string of the molecule is c1ccc(-c2nc(-c3ccccc3)nc(-c3ccccc3-c3cccc(-c4ccc5c(c4)-c4c(-c6nc(-c7ccccc7)nc(-c7ccccc7)n6)cccc4C5(c4ccccc4)c4ccccc4)c3)n2)cc1. The highest BCUT2D eigenvalue weighted by molar-refractivity contribution is 5.96. The van der Waals surface area contributed by atoms with Gasteiger partial charge in [-0.05, 0) is 67.8 Å². The number of nitrogens with zero attached hydrogens (tertiary/aromatic N) is 6. The maximum Gasteiger partial charge on any atom is 0.164 e. The van der Waals surface area contributed by atoms with Crippen LogP contribution in [-0.2, 0) is 5.41 Å². The molecule has 0 N–H and O–H groups in total. The molecule has 0 saturated carbocycles. The zero-order valence-electron chi connectivity index (χ0n) is 39.6. The molecule has 0 bridgehead atoms. The Bertz CT molecular complexity index is 3790. The molecule has 1 aliphatic rings. The van der Waals surface area contributed by atoms with E-state index in [0.717, 1.165) is 66.8 Å². The average Bonchev–Trinajstić information content (AvgIpc) is 3.81. The van der Waals surface area contributed by atoms with Crippen molar-refractivity contribution in [3.8, 4) is 102 Å². The summed E-state index contributed by atoms with van der Waals surface area (Å²) in [6.07, 6.45) is 0. The van der Waals surface area contributed by atoms with Crippen LogP contribution in [0.25, 0.3) is 102 Å². The Morgan fingerprint density at radius 3 is 1.05 bits per heavy atom. The Morgan fingerprint density at radius 2 is 0.562 bits per heavy atom. The van der Waals surface area contributed by atoms with E-state index in [0.29, 0.717) is 34.9 Å². The summed E-state index contributed by atoms with van der Waals surface area (Å²) < 4.78 is 0. The van der Waals surface area contributed by atoms with Gasteiger partial charge in [0.15, 0.2) is 34.9 Å². The second kappa shape index (κ2) is 18.5. The van der Waals surface area contributed by atoms with Crippen molar-refractivity contribution in [1.82, 2.24) is 29.9 Å². The predicted molar refractivity (Wildman–Crippen MR) is 294 cm³/mol. The number of hydrogen-bond acceptors (Lipinski definition) is 6. The number of aromatic nitrogens is 6. The van der Waals surface area contributed by atoms with Crippen LogP contribution in [-0.4, -0.2) is 29.9 Å². The highest BCUT2D eigenvalue weighted by atomic mass is 15.0. The van der Waals surface area contributed by atoms with E-state index in [9.17, 15) is 0 Å². The molecule has 10 aromatic carbocycles. The summed E-state index contributed by atoms with van der Waals surface area (Å²) in [5.41, 5.74) is 16.1. The molecule has 0 saturated heterocycles. The standard InChI is InChI=1S/C67H44N6/c1-7-23-45(24-8-1)61-68-62(46-25-9-2-10-26-46)71-65(70-61)55-38-20-19-37-54(55)51-32-21-31-49(43-51)50-41-42-58-57(44-50)60-56(39-22-40-59(60)67(58,52-33-15-5-16-34-52)53-35-17-6-18-36-53)66-72-63(47-27-11-3-12-28-47)69-64(73-66)48-29-13-4-14-30-48/h1-44H. The number of hydrogen-bond donors (Lipinski definition) is 0. The van der Waals surface area contributed by atoms with Gasteiger partial charge in [0.1, 0.15) is 0 Å². The van der Waals surface area contributed by atoms with Crippen LogP contribution >= 0.6 is 0 Å². The molecule has 0 aliphatic heterocycles. The van der Waals surface area contributed by atoms with Crippen molar-refractivity contribution in [2.24, 2.45) is 0 Å². The van der Waals surface area contributed by atoms with Gasteiger partial charge in [-0.15, -0.1) is 0 Å². The molecule has 0 radical (unpaired) electrons. The van der Waals surface area contributed by atoms with Gasteiger partial charge in [0, 0.05) is 33.4 Å². The topological polar surface area (TPSA) is 77.3 Å². The quantitative estimate of drug-likeness (QED) is 0.136. The molecule has 0 amide bonds. The van der Waals surface area contributed by atoms with Crippen molar-refractivity contribution < 1.29 is 0 Å². The van der Waals surface area contributed by atoms with Gasteiger partial charge in [0.05, 0.1) is 5.41 Å². The van der Waals surface area contributed by atoms with Crippen molar-refractivity contribution in [1.29, 1.82) is 0 Å². The van der Waals surface area contributed by atoms with E-state index in [1.807, 2.05) is 97.1 Å². The van der Waals surface area contributed by atoms with Gasteiger partial charge in [-0.1, -0.05) is 255 Å². The number of fused-ring (bicyclic) bond motifs is 3. The molecule has 0 atom stereocenters. The molecule has 0 unspecified atom stereocenters. The van der Waals surface area contributed by atoms with Gasteiger partial charge in [0.2, 0.25) is 0 Å². The minimum atomic E-state index is -0.651. The average molecular weight is 933 g/mol. The van der Waals surface area contributed by atoms with E-state index < -0.39 is 5.41 Å². The molecule has 13 rings (SSSR count). The lowest BCUT2D eigenvalue weighted by Gasteiger charge is -2.34. The summed E-state index contributed by atoms with van der Waals surface area (Å²) in [5, 5.41) is 0. The molecular weight excluding hydrogens is 889 g/mol. The van der Waals surface area contributed by atoms with E-state index >= 15 is 0 Å². The molecule has 6 heteroatoms. The van der Waals surface area contributed by atoms with Crippen LogP contribution in [0.15, 0.2) is 267 Å². The van der Waals surface area contributed by atoms with Crippen molar-refractivity contribution in [3.05, 3.63) is 289 Å². The zero-order valence-corrected chi connectivity index (χ0v) is 39.6. The fourth-order valence-corrected chi connectivity index (χ4v) is 10.6. The predicted octanol–water partition coefficient (Wildman–Crippen LogP) is 15.8. The van der Waals surface area contributed by atoms with Gasteiger partial charge in [-0.2, -0.15) is 0 Å². The summed E-state index contributed by atoms with van der Waals surface area (Å²) in [7, 11) is 0. The lowest BCUT2D eigenvalue weighted by molar-refractivity contribution is 0.768. The first-order valence-corrected chi connectivity index (χ1v) is 24.5. The first-order chi connectivity index (χ1) is 36.2. The van der Waals surface area contributed by atoms with E-state index in [1.54, 1.807) is 0 Å². The number of benzene rings is 10. The molecule has 0 spiro atoms. The van der Waals surface area contributed by atoms with Crippen molar-refractivity contribution in [2.45, 2.75) is 5.41 Å². The summed E-state index contributed by atoms with van der Waals surface area (Å²) in [6, 6.07) is 93.2. The Morgan fingerprint density at radius 1 is 0.205 bits per heavy atom. The molecule has 2 heterocycles. The third-order valence-corrected chi connectivity index (χ3v) is 13.9. The second-order valence-corrected chi connectivity index (χ2v) is 18.2. The smallest absolute Gasteiger partial charge is 0.164 e. The van der Waals surface area contributed by atoms with Crippen molar-refractivity contribution in [3.63, 3.8) is 0 Å². The Labute approximate surface area is 424 Å². The fourth-order valence-electron chi connectivity index (χ4n) is 10.6. The van der Waals surface area contributed by atoms with Gasteiger partial charge >= 0.3 is 0 Å². The van der Waals surface area contributed by atoms with Crippen LogP contribution in [0.1, 0.15) is 22.3 Å². The highest BCUT2D eigenvalue weighted by Gasteiger charge is 2.47.